The zero-order chi connectivity index (χ0) is 18.8. The Morgan fingerprint density at radius 2 is 1.81 bits per heavy atom. The highest BCUT2D eigenvalue weighted by Crippen LogP contribution is 2.04. The van der Waals surface area contributed by atoms with Crippen molar-refractivity contribution in [2.75, 3.05) is 5.32 Å². The number of carbonyl (C=O) groups excluding carboxylic acids is 1. The van der Waals surface area contributed by atoms with E-state index in [0.29, 0.717) is 0 Å². The fourth-order valence-corrected chi connectivity index (χ4v) is 2.28. The van der Waals surface area contributed by atoms with Gasteiger partial charge in [-0.15, -0.1) is 0 Å². The number of nitrogens with one attached hydrogen (secondary N) is 1. The molecule has 1 N–H and O–H groups in total. The molecule has 0 fully saturated rings. The SMILES string of the molecule is Cc1ccc(Cn2c(=O)c(C(=O)Nc3nnnn3C)nn(C)c2=O)cc1. The summed E-state index contributed by atoms with van der Waals surface area (Å²) in [6.45, 7) is 1.96. The predicted octanol–water partition coefficient (Wildman–Crippen LogP) is -0.925. The number of aromatic nitrogens is 7. The van der Waals surface area contributed by atoms with Gasteiger partial charge in [-0.05, 0) is 22.9 Å². The molecule has 0 aliphatic rings. The van der Waals surface area contributed by atoms with Crippen LogP contribution < -0.4 is 16.6 Å². The van der Waals surface area contributed by atoms with Crippen molar-refractivity contribution in [1.29, 1.82) is 0 Å². The Bertz CT molecular complexity index is 1080. The van der Waals surface area contributed by atoms with Crippen LogP contribution in [0.15, 0.2) is 33.9 Å². The predicted molar refractivity (Wildman–Crippen MR) is 90.8 cm³/mol. The summed E-state index contributed by atoms with van der Waals surface area (Å²) in [5.41, 5.74) is -0.0260. The lowest BCUT2D eigenvalue weighted by molar-refractivity contribution is 0.101. The van der Waals surface area contributed by atoms with Crippen LogP contribution >= 0.6 is 0 Å². The lowest BCUT2D eigenvalue weighted by Crippen LogP contribution is -2.44. The molecule has 2 aromatic heterocycles. The normalized spacial score (nSPS) is 10.7. The zero-order valence-corrected chi connectivity index (χ0v) is 14.4. The van der Waals surface area contributed by atoms with E-state index >= 15 is 0 Å². The number of rotatable bonds is 4. The maximum atomic E-state index is 12.6. The summed E-state index contributed by atoms with van der Waals surface area (Å²) in [5.74, 6) is -0.753. The number of tetrazole rings is 1. The van der Waals surface area contributed by atoms with Crippen LogP contribution in [0.25, 0.3) is 0 Å². The number of hydrogen-bond acceptors (Lipinski definition) is 7. The summed E-state index contributed by atoms with van der Waals surface area (Å²) in [6, 6.07) is 7.38. The van der Waals surface area contributed by atoms with Crippen LogP contribution in [0.2, 0.25) is 0 Å². The maximum Gasteiger partial charge on any atom is 0.347 e. The third-order valence-electron chi connectivity index (χ3n) is 3.73. The average Bonchev–Trinajstić information content (AvgIpc) is 3.01. The molecule has 0 unspecified atom stereocenters. The number of aryl methyl sites for hydroxylation is 3. The van der Waals surface area contributed by atoms with Crippen molar-refractivity contribution in [1.82, 2.24) is 34.6 Å². The highest BCUT2D eigenvalue weighted by Gasteiger charge is 2.20. The van der Waals surface area contributed by atoms with Gasteiger partial charge in [-0.3, -0.25) is 19.5 Å². The standard InChI is InChI=1S/C15H16N8O3/c1-9-4-6-10(7-5-9)8-23-13(25)11(18-22(3)15(23)26)12(24)16-14-17-19-20-21(14)2/h4-7H,8H2,1-3H3,(H,16,17,20,24). The number of nitrogens with zero attached hydrogens (tertiary/aromatic N) is 7. The molecule has 0 spiro atoms. The van der Waals surface area contributed by atoms with Crippen LogP contribution in [0.1, 0.15) is 21.6 Å². The molecule has 0 aliphatic carbocycles. The van der Waals surface area contributed by atoms with E-state index in [4.69, 9.17) is 0 Å². The van der Waals surface area contributed by atoms with Crippen LogP contribution in [0, 0.1) is 6.92 Å². The summed E-state index contributed by atoms with van der Waals surface area (Å²) >= 11 is 0. The van der Waals surface area contributed by atoms with Gasteiger partial charge < -0.3 is 0 Å². The van der Waals surface area contributed by atoms with Gasteiger partial charge in [0.15, 0.2) is 0 Å². The second-order valence-electron chi connectivity index (χ2n) is 5.71. The van der Waals surface area contributed by atoms with Crippen molar-refractivity contribution in [3.8, 4) is 0 Å². The minimum atomic E-state index is -0.804. The van der Waals surface area contributed by atoms with Crippen LogP contribution in [0.4, 0.5) is 5.95 Å². The Labute approximate surface area is 146 Å². The van der Waals surface area contributed by atoms with E-state index < -0.39 is 22.9 Å². The molecule has 26 heavy (non-hydrogen) atoms. The first-order valence-electron chi connectivity index (χ1n) is 7.64. The molecular formula is C15H16N8O3. The Morgan fingerprint density at radius 1 is 1.12 bits per heavy atom. The van der Waals surface area contributed by atoms with E-state index in [0.717, 1.165) is 20.4 Å². The van der Waals surface area contributed by atoms with Gasteiger partial charge in [-0.25, -0.2) is 14.2 Å². The molecule has 2 heterocycles. The number of anilines is 1. The maximum absolute atomic E-state index is 12.6. The molecule has 3 rings (SSSR count). The second-order valence-corrected chi connectivity index (χ2v) is 5.71. The molecule has 134 valence electrons. The molecule has 0 atom stereocenters. The summed E-state index contributed by atoms with van der Waals surface area (Å²) < 4.78 is 3.13. The van der Waals surface area contributed by atoms with Gasteiger partial charge in [0.1, 0.15) is 0 Å². The van der Waals surface area contributed by atoms with Crippen molar-refractivity contribution in [3.63, 3.8) is 0 Å². The molecule has 1 aromatic carbocycles. The molecule has 11 nitrogen and oxygen atoms in total. The fraction of sp³-hybridized carbons (Fsp3) is 0.267. The molecule has 0 saturated carbocycles. The van der Waals surface area contributed by atoms with Gasteiger partial charge in [0, 0.05) is 14.1 Å². The van der Waals surface area contributed by atoms with Crippen molar-refractivity contribution >= 4 is 11.9 Å². The number of hydrogen-bond donors (Lipinski definition) is 1. The van der Waals surface area contributed by atoms with Crippen molar-refractivity contribution in [3.05, 3.63) is 61.9 Å². The topological polar surface area (TPSA) is 130 Å². The summed E-state index contributed by atoms with van der Waals surface area (Å²) in [6.07, 6.45) is 0. The Morgan fingerprint density at radius 3 is 2.42 bits per heavy atom. The highest BCUT2D eigenvalue weighted by molar-refractivity contribution is 6.01. The largest absolute Gasteiger partial charge is 0.347 e. The number of benzene rings is 1. The van der Waals surface area contributed by atoms with Gasteiger partial charge in [-0.2, -0.15) is 5.10 Å². The van der Waals surface area contributed by atoms with Crippen LogP contribution in [-0.2, 0) is 20.6 Å². The van der Waals surface area contributed by atoms with Gasteiger partial charge >= 0.3 is 5.69 Å². The molecule has 0 radical (unpaired) electrons. The molecule has 3 aromatic rings. The van der Waals surface area contributed by atoms with E-state index in [1.807, 2.05) is 31.2 Å². The fourth-order valence-electron chi connectivity index (χ4n) is 2.28. The molecule has 0 aliphatic heterocycles. The minimum absolute atomic E-state index is 0.0279. The van der Waals surface area contributed by atoms with E-state index in [9.17, 15) is 14.4 Å². The van der Waals surface area contributed by atoms with Crippen LogP contribution in [0.5, 0.6) is 0 Å². The third-order valence-corrected chi connectivity index (χ3v) is 3.73. The first kappa shape index (κ1) is 17.2. The van der Waals surface area contributed by atoms with E-state index in [1.54, 1.807) is 0 Å². The first-order valence-corrected chi connectivity index (χ1v) is 7.64. The lowest BCUT2D eigenvalue weighted by Gasteiger charge is -2.09. The average molecular weight is 356 g/mol. The van der Waals surface area contributed by atoms with E-state index in [1.165, 1.54) is 18.8 Å². The highest BCUT2D eigenvalue weighted by atomic mass is 16.2. The van der Waals surface area contributed by atoms with Crippen LogP contribution in [-0.4, -0.2) is 40.5 Å². The zero-order valence-electron chi connectivity index (χ0n) is 14.4. The van der Waals surface area contributed by atoms with E-state index in [-0.39, 0.29) is 12.5 Å². The van der Waals surface area contributed by atoms with E-state index in [2.05, 4.69) is 25.9 Å². The van der Waals surface area contributed by atoms with Gasteiger partial charge in [-0.1, -0.05) is 34.9 Å². The first-order chi connectivity index (χ1) is 12.4. The lowest BCUT2D eigenvalue weighted by atomic mass is 10.1. The Kier molecular flexibility index (Phi) is 4.43. The molecule has 0 saturated heterocycles. The quantitative estimate of drug-likeness (QED) is 0.639. The van der Waals surface area contributed by atoms with Crippen LogP contribution in [0.3, 0.4) is 0 Å². The second kappa shape index (κ2) is 6.70. The van der Waals surface area contributed by atoms with Crippen molar-refractivity contribution < 1.29 is 4.79 Å². The van der Waals surface area contributed by atoms with Gasteiger partial charge in [0.05, 0.1) is 6.54 Å². The monoisotopic (exact) mass is 356 g/mol. The van der Waals surface area contributed by atoms with Gasteiger partial charge in [0.2, 0.25) is 11.6 Å². The number of amides is 1. The number of carbonyl (C=O) groups is 1. The molecule has 0 bridgehead atoms. The van der Waals surface area contributed by atoms with Crippen molar-refractivity contribution in [2.45, 2.75) is 13.5 Å². The molecule has 11 heteroatoms. The summed E-state index contributed by atoms with van der Waals surface area (Å²) in [7, 11) is 2.90. The van der Waals surface area contributed by atoms with Crippen molar-refractivity contribution in [2.24, 2.45) is 14.1 Å². The molecule has 1 amide bonds. The summed E-state index contributed by atoms with van der Waals surface area (Å²) in [4.78, 5) is 37.3. The summed E-state index contributed by atoms with van der Waals surface area (Å²) in [5, 5.41) is 16.8. The smallest absolute Gasteiger partial charge is 0.288 e. The minimum Gasteiger partial charge on any atom is -0.288 e. The van der Waals surface area contributed by atoms with Gasteiger partial charge in [0.25, 0.3) is 11.5 Å². The molecular weight excluding hydrogens is 340 g/mol. The Hall–Kier alpha value is -3.63. The third kappa shape index (κ3) is 3.27. The Balaban J connectivity index is 1.99.